The second-order valence-corrected chi connectivity index (χ2v) is 6.79. The Kier molecular flexibility index (Phi) is 7.90. The molecule has 2 rings (SSSR count). The Labute approximate surface area is 171 Å². The number of Topliss-reactive ketones (excluding diaryl/α,β-unsaturated/α-hetero) is 1. The van der Waals surface area contributed by atoms with Gasteiger partial charge in [-0.1, -0.05) is 24.6 Å². The summed E-state index contributed by atoms with van der Waals surface area (Å²) in [6.07, 6.45) is 1.22. The third-order valence-electron chi connectivity index (χ3n) is 4.43. The Bertz CT molecular complexity index is 975. The lowest BCUT2D eigenvalue weighted by Gasteiger charge is -2.22. The van der Waals surface area contributed by atoms with Gasteiger partial charge in [0.15, 0.2) is 5.78 Å². The molecule has 1 amide bonds. The van der Waals surface area contributed by atoms with Crippen LogP contribution in [0.5, 0.6) is 0 Å². The van der Waals surface area contributed by atoms with Crippen LogP contribution in [0.25, 0.3) is 10.8 Å². The molecule has 0 saturated carbocycles. The lowest BCUT2D eigenvalue weighted by molar-refractivity contribution is -0.145. The van der Waals surface area contributed by atoms with Crippen LogP contribution in [0.1, 0.15) is 32.7 Å². The highest BCUT2D eigenvalue weighted by molar-refractivity contribution is 6.31. The van der Waals surface area contributed by atoms with E-state index in [0.717, 1.165) is 0 Å². The Balaban J connectivity index is 2.32. The summed E-state index contributed by atoms with van der Waals surface area (Å²) in [5, 5.41) is 3.77. The number of fused-ring (bicyclic) bond motifs is 1. The molecule has 0 aliphatic carbocycles. The Morgan fingerprint density at radius 3 is 2.59 bits per heavy atom. The number of rotatable bonds is 9. The van der Waals surface area contributed by atoms with Crippen molar-refractivity contribution in [2.24, 2.45) is 0 Å². The number of hydrogen-bond acceptors (Lipinski definition) is 5. The van der Waals surface area contributed by atoms with E-state index in [0.29, 0.717) is 15.8 Å². The van der Waals surface area contributed by atoms with Crippen LogP contribution < -0.4 is 10.9 Å². The highest BCUT2D eigenvalue weighted by atomic mass is 35.5. The van der Waals surface area contributed by atoms with E-state index < -0.39 is 48.4 Å². The summed E-state index contributed by atoms with van der Waals surface area (Å²) in [5.41, 5.74) is -0.425. The van der Waals surface area contributed by atoms with Crippen LogP contribution in [-0.4, -0.2) is 41.6 Å². The summed E-state index contributed by atoms with van der Waals surface area (Å²) in [6, 6.07) is 4.21. The van der Waals surface area contributed by atoms with E-state index in [1.807, 2.05) is 0 Å². The number of esters is 1. The van der Waals surface area contributed by atoms with E-state index in [9.17, 15) is 23.6 Å². The van der Waals surface area contributed by atoms with Gasteiger partial charge in [0.05, 0.1) is 13.0 Å². The van der Waals surface area contributed by atoms with Crippen molar-refractivity contribution in [3.8, 4) is 0 Å². The van der Waals surface area contributed by atoms with Crippen molar-refractivity contribution in [2.75, 3.05) is 13.3 Å². The van der Waals surface area contributed by atoms with Crippen molar-refractivity contribution in [2.45, 2.75) is 38.8 Å². The zero-order valence-corrected chi connectivity index (χ0v) is 16.9. The predicted molar refractivity (Wildman–Crippen MR) is 107 cm³/mol. The molecule has 2 atom stereocenters. The number of benzene rings is 1. The quantitative estimate of drug-likeness (QED) is 0.624. The number of pyridine rings is 1. The van der Waals surface area contributed by atoms with Gasteiger partial charge in [-0.3, -0.25) is 19.2 Å². The number of nitrogens with zero attached hydrogens (tertiary/aromatic N) is 1. The molecule has 7 nitrogen and oxygen atoms in total. The van der Waals surface area contributed by atoms with Gasteiger partial charge in [0, 0.05) is 16.6 Å². The van der Waals surface area contributed by atoms with Gasteiger partial charge in [-0.2, -0.15) is 0 Å². The number of ketones is 1. The van der Waals surface area contributed by atoms with Crippen molar-refractivity contribution in [3.63, 3.8) is 0 Å². The van der Waals surface area contributed by atoms with Crippen molar-refractivity contribution >= 4 is 40.0 Å². The molecule has 0 bridgehead atoms. The molecule has 1 heterocycles. The number of amides is 1. The number of halogens is 2. The van der Waals surface area contributed by atoms with Crippen molar-refractivity contribution in [3.05, 3.63) is 45.8 Å². The fourth-order valence-electron chi connectivity index (χ4n) is 2.97. The third kappa shape index (κ3) is 5.41. The van der Waals surface area contributed by atoms with Gasteiger partial charge in [-0.25, -0.2) is 4.39 Å². The van der Waals surface area contributed by atoms with E-state index in [-0.39, 0.29) is 13.0 Å². The minimum atomic E-state index is -1.37. The lowest BCUT2D eigenvalue weighted by Crippen LogP contribution is -2.47. The van der Waals surface area contributed by atoms with Crippen molar-refractivity contribution < 1.29 is 23.5 Å². The number of ether oxygens (including phenoxy) is 1. The summed E-state index contributed by atoms with van der Waals surface area (Å²) >= 11 is 5.97. The Hall–Kier alpha value is -2.74. The molecule has 0 aliphatic rings. The molecule has 0 aliphatic heterocycles. The molecule has 0 fully saturated rings. The zero-order valence-electron chi connectivity index (χ0n) is 16.1. The maximum atomic E-state index is 12.9. The van der Waals surface area contributed by atoms with Gasteiger partial charge >= 0.3 is 5.97 Å². The number of carbonyl (C=O) groups is 3. The van der Waals surface area contributed by atoms with Crippen LogP contribution in [0, 0.1) is 0 Å². The van der Waals surface area contributed by atoms with Gasteiger partial charge in [0.1, 0.15) is 18.8 Å². The smallest absolute Gasteiger partial charge is 0.308 e. The average Bonchev–Trinajstić information content (AvgIpc) is 2.69. The zero-order chi connectivity index (χ0) is 21.6. The molecule has 0 saturated heterocycles. The minimum Gasteiger partial charge on any atom is -0.466 e. The molecule has 2 aromatic rings. The minimum absolute atomic E-state index is 0.0932. The molecular weight excluding hydrogens is 403 g/mol. The fourth-order valence-corrected chi connectivity index (χ4v) is 3.15. The SMILES string of the molecule is CCOC(=O)CC(NC(=O)C(CC)n1ccc2ccc(Cl)cc2c1=O)C(=O)CF. The predicted octanol–water partition coefficient (Wildman–Crippen LogP) is 2.58. The first kappa shape index (κ1) is 22.5. The molecule has 1 aromatic heterocycles. The maximum absolute atomic E-state index is 12.9. The van der Waals surface area contributed by atoms with Crippen molar-refractivity contribution in [1.29, 1.82) is 0 Å². The molecule has 2 unspecified atom stereocenters. The first-order valence-electron chi connectivity index (χ1n) is 9.17. The summed E-state index contributed by atoms with van der Waals surface area (Å²) in [7, 11) is 0. The van der Waals surface area contributed by atoms with Crippen LogP contribution in [0.3, 0.4) is 0 Å². The highest BCUT2D eigenvalue weighted by Crippen LogP contribution is 2.18. The number of carbonyl (C=O) groups excluding carboxylic acids is 3. The van der Waals surface area contributed by atoms with Crippen LogP contribution >= 0.6 is 11.6 Å². The lowest BCUT2D eigenvalue weighted by atomic mass is 10.1. The third-order valence-corrected chi connectivity index (χ3v) is 4.67. The first-order chi connectivity index (χ1) is 13.8. The van der Waals surface area contributed by atoms with Crippen LogP contribution in [0.2, 0.25) is 5.02 Å². The van der Waals surface area contributed by atoms with Crippen LogP contribution in [-0.2, 0) is 19.1 Å². The second kappa shape index (κ2) is 10.2. The first-order valence-corrected chi connectivity index (χ1v) is 9.55. The van der Waals surface area contributed by atoms with Crippen LogP contribution in [0.4, 0.5) is 4.39 Å². The van der Waals surface area contributed by atoms with Gasteiger partial charge in [-0.15, -0.1) is 0 Å². The maximum Gasteiger partial charge on any atom is 0.308 e. The summed E-state index contributed by atoms with van der Waals surface area (Å²) in [4.78, 5) is 49.1. The molecule has 9 heteroatoms. The summed E-state index contributed by atoms with van der Waals surface area (Å²) in [5.74, 6) is -2.35. The molecule has 0 radical (unpaired) electrons. The molecule has 156 valence electrons. The van der Waals surface area contributed by atoms with E-state index in [2.05, 4.69) is 5.32 Å². The van der Waals surface area contributed by atoms with Gasteiger partial charge in [0.2, 0.25) is 5.91 Å². The van der Waals surface area contributed by atoms with Gasteiger partial charge in [-0.05, 0) is 36.9 Å². The van der Waals surface area contributed by atoms with Gasteiger partial charge in [0.25, 0.3) is 5.56 Å². The summed E-state index contributed by atoms with van der Waals surface area (Å²) < 4.78 is 18.9. The van der Waals surface area contributed by atoms with Gasteiger partial charge < -0.3 is 14.6 Å². The monoisotopic (exact) mass is 424 g/mol. The van der Waals surface area contributed by atoms with E-state index >= 15 is 0 Å². The average molecular weight is 425 g/mol. The standard InChI is InChI=1S/C20H22ClFN2O5/c1-3-16(19(27)23-15(17(25)11-22)10-18(26)29-4-2)24-8-7-12-5-6-13(21)9-14(12)20(24)28/h5-9,15-16H,3-4,10-11H2,1-2H3,(H,23,27). The molecule has 29 heavy (non-hydrogen) atoms. The largest absolute Gasteiger partial charge is 0.466 e. The normalized spacial score (nSPS) is 13.0. The Morgan fingerprint density at radius 1 is 1.24 bits per heavy atom. The van der Waals surface area contributed by atoms with E-state index in [1.54, 1.807) is 32.0 Å². The topological polar surface area (TPSA) is 94.5 Å². The highest BCUT2D eigenvalue weighted by Gasteiger charge is 2.28. The van der Waals surface area contributed by atoms with E-state index in [1.165, 1.54) is 16.8 Å². The number of hydrogen-bond donors (Lipinski definition) is 1. The summed E-state index contributed by atoms with van der Waals surface area (Å²) in [6.45, 7) is 2.04. The molecule has 1 aromatic carbocycles. The number of nitrogens with one attached hydrogen (secondary N) is 1. The van der Waals surface area contributed by atoms with Crippen molar-refractivity contribution in [1.82, 2.24) is 9.88 Å². The fraction of sp³-hybridized carbons (Fsp3) is 0.400. The number of aromatic nitrogens is 1. The molecule has 0 spiro atoms. The van der Waals surface area contributed by atoms with Crippen LogP contribution in [0.15, 0.2) is 35.3 Å². The molecular formula is C20H22ClFN2O5. The number of alkyl halides is 1. The second-order valence-electron chi connectivity index (χ2n) is 6.35. The Morgan fingerprint density at radius 2 is 1.97 bits per heavy atom. The van der Waals surface area contributed by atoms with E-state index in [4.69, 9.17) is 16.3 Å². The molecule has 1 N–H and O–H groups in total.